The molecule has 12 heteroatoms. The molecule has 206 valence electrons. The molecule has 1 fully saturated rings. The molecular formula is C27H33N7O4S. The number of pyridine rings is 1. The largest absolute Gasteiger partial charge is 0.493 e. The van der Waals surface area contributed by atoms with E-state index < -0.39 is 10.0 Å². The van der Waals surface area contributed by atoms with Crippen LogP contribution in [0.25, 0.3) is 28.2 Å². The number of hydrogen-bond donors (Lipinski definition) is 0. The molecule has 1 aliphatic heterocycles. The van der Waals surface area contributed by atoms with E-state index in [2.05, 4.69) is 15.0 Å². The Morgan fingerprint density at radius 3 is 2.44 bits per heavy atom. The van der Waals surface area contributed by atoms with Crippen molar-refractivity contribution in [3.05, 3.63) is 58.6 Å². The van der Waals surface area contributed by atoms with Crippen LogP contribution in [0.1, 0.15) is 26.0 Å². The van der Waals surface area contributed by atoms with E-state index in [1.807, 2.05) is 39.1 Å². The van der Waals surface area contributed by atoms with Crippen LogP contribution < -0.4 is 10.3 Å². The number of sulfonamides is 1. The second-order valence-corrected chi connectivity index (χ2v) is 11.5. The van der Waals surface area contributed by atoms with Crippen LogP contribution in [0.15, 0.2) is 52.3 Å². The van der Waals surface area contributed by atoms with Crippen LogP contribution >= 0.6 is 0 Å². The highest BCUT2D eigenvalue weighted by Gasteiger charge is 2.29. The normalized spacial score (nSPS) is 15.2. The first-order chi connectivity index (χ1) is 18.8. The van der Waals surface area contributed by atoms with Crippen molar-refractivity contribution in [2.75, 3.05) is 39.8 Å². The third-order valence-electron chi connectivity index (χ3n) is 6.94. The Kier molecular flexibility index (Phi) is 7.52. The van der Waals surface area contributed by atoms with Crippen LogP contribution in [0.4, 0.5) is 0 Å². The summed E-state index contributed by atoms with van der Waals surface area (Å²) in [6.45, 7) is 6.42. The van der Waals surface area contributed by atoms with Crippen molar-refractivity contribution in [2.24, 2.45) is 7.05 Å². The molecule has 0 unspecified atom stereocenters. The van der Waals surface area contributed by atoms with Gasteiger partial charge in [-0.25, -0.2) is 23.1 Å². The minimum absolute atomic E-state index is 0.137. The van der Waals surface area contributed by atoms with Gasteiger partial charge in [0.05, 0.1) is 22.8 Å². The number of rotatable bonds is 8. The summed E-state index contributed by atoms with van der Waals surface area (Å²) >= 11 is 0. The highest BCUT2D eigenvalue weighted by Crippen LogP contribution is 2.33. The van der Waals surface area contributed by atoms with E-state index in [-0.39, 0.29) is 16.0 Å². The van der Waals surface area contributed by atoms with Crippen molar-refractivity contribution in [3.8, 4) is 23.0 Å². The summed E-state index contributed by atoms with van der Waals surface area (Å²) in [4.78, 5) is 25.2. The molecule has 0 radical (unpaired) electrons. The zero-order valence-corrected chi connectivity index (χ0v) is 23.5. The summed E-state index contributed by atoms with van der Waals surface area (Å²) in [5, 5.41) is 4.60. The zero-order valence-electron chi connectivity index (χ0n) is 22.7. The zero-order chi connectivity index (χ0) is 27.7. The standard InChI is InChI=1S/C27H33N7O4S/c1-5-9-21-24-25(30-34(21)23-10-7-8-13-28-23)27(35)32(4)26(29-24)20-18-19(11-12-22(20)38-6-2)39(36,37)33-16-14-31(3)15-17-33/h7-8,10-13,18H,5-6,9,14-17H2,1-4H3. The summed E-state index contributed by atoms with van der Waals surface area (Å²) in [5.41, 5.74) is 1.56. The van der Waals surface area contributed by atoms with Crippen LogP contribution in [-0.2, 0) is 23.5 Å². The highest BCUT2D eigenvalue weighted by molar-refractivity contribution is 7.89. The minimum Gasteiger partial charge on any atom is -0.493 e. The maximum atomic E-state index is 13.6. The fourth-order valence-corrected chi connectivity index (χ4v) is 6.26. The number of benzene rings is 1. The first-order valence-corrected chi connectivity index (χ1v) is 14.6. The van der Waals surface area contributed by atoms with Crippen molar-refractivity contribution in [2.45, 2.75) is 31.6 Å². The summed E-state index contributed by atoms with van der Waals surface area (Å²) in [6.07, 6.45) is 3.11. The molecule has 5 rings (SSSR count). The number of nitrogens with zero attached hydrogens (tertiary/aromatic N) is 7. The minimum atomic E-state index is -3.75. The maximum Gasteiger partial charge on any atom is 0.281 e. The van der Waals surface area contributed by atoms with E-state index in [1.165, 1.54) is 8.87 Å². The van der Waals surface area contributed by atoms with Crippen molar-refractivity contribution in [3.63, 3.8) is 0 Å². The molecule has 4 heterocycles. The molecule has 1 aromatic carbocycles. The number of aromatic nitrogens is 5. The van der Waals surface area contributed by atoms with E-state index in [4.69, 9.17) is 9.72 Å². The topological polar surface area (TPSA) is 115 Å². The Hall–Kier alpha value is -3.61. The third-order valence-corrected chi connectivity index (χ3v) is 8.84. The molecule has 0 saturated carbocycles. The van der Waals surface area contributed by atoms with Gasteiger partial charge in [-0.05, 0) is 50.7 Å². The lowest BCUT2D eigenvalue weighted by atomic mass is 10.1. The van der Waals surface area contributed by atoms with Crippen LogP contribution in [0.2, 0.25) is 0 Å². The molecule has 3 aromatic heterocycles. The van der Waals surface area contributed by atoms with Gasteiger partial charge in [0, 0.05) is 39.4 Å². The van der Waals surface area contributed by atoms with Gasteiger partial charge in [0.1, 0.15) is 17.1 Å². The number of likely N-dealkylation sites (N-methyl/N-ethyl adjacent to an activating group) is 1. The van der Waals surface area contributed by atoms with E-state index in [0.717, 1.165) is 12.1 Å². The van der Waals surface area contributed by atoms with Gasteiger partial charge in [0.15, 0.2) is 11.3 Å². The monoisotopic (exact) mass is 551 g/mol. The first kappa shape index (κ1) is 27.0. The van der Waals surface area contributed by atoms with Crippen molar-refractivity contribution in [1.29, 1.82) is 0 Å². The molecule has 0 aliphatic carbocycles. The summed E-state index contributed by atoms with van der Waals surface area (Å²) in [5.74, 6) is 1.35. The first-order valence-electron chi connectivity index (χ1n) is 13.1. The van der Waals surface area contributed by atoms with Gasteiger partial charge in [0.25, 0.3) is 5.56 Å². The van der Waals surface area contributed by atoms with Gasteiger partial charge in [0.2, 0.25) is 10.0 Å². The fraction of sp³-hybridized carbons (Fsp3) is 0.407. The Bertz CT molecular complexity index is 1660. The Morgan fingerprint density at radius 1 is 1.00 bits per heavy atom. The lowest BCUT2D eigenvalue weighted by Crippen LogP contribution is -2.47. The predicted molar refractivity (Wildman–Crippen MR) is 149 cm³/mol. The number of piperazine rings is 1. The van der Waals surface area contributed by atoms with Gasteiger partial charge in [-0.2, -0.15) is 9.40 Å². The van der Waals surface area contributed by atoms with Gasteiger partial charge < -0.3 is 9.64 Å². The summed E-state index contributed by atoms with van der Waals surface area (Å²) in [6, 6.07) is 10.3. The lowest BCUT2D eigenvalue weighted by molar-refractivity contribution is 0.222. The number of ether oxygens (including phenoxy) is 1. The molecule has 1 aliphatic rings. The van der Waals surface area contributed by atoms with E-state index in [9.17, 15) is 13.2 Å². The maximum absolute atomic E-state index is 13.6. The van der Waals surface area contributed by atoms with E-state index in [1.54, 1.807) is 36.1 Å². The van der Waals surface area contributed by atoms with Gasteiger partial charge in [-0.1, -0.05) is 19.4 Å². The molecule has 0 atom stereocenters. The lowest BCUT2D eigenvalue weighted by Gasteiger charge is -2.31. The molecule has 0 N–H and O–H groups in total. The van der Waals surface area contributed by atoms with Gasteiger partial charge >= 0.3 is 0 Å². The molecule has 0 spiro atoms. The fourth-order valence-electron chi connectivity index (χ4n) is 4.82. The number of fused-ring (bicyclic) bond motifs is 1. The van der Waals surface area contributed by atoms with Gasteiger partial charge in [-0.3, -0.25) is 9.36 Å². The molecule has 39 heavy (non-hydrogen) atoms. The van der Waals surface area contributed by atoms with E-state index >= 15 is 0 Å². The third kappa shape index (κ3) is 4.95. The van der Waals surface area contributed by atoms with Crippen LogP contribution in [0, 0.1) is 0 Å². The van der Waals surface area contributed by atoms with Crippen LogP contribution in [-0.4, -0.2) is 81.8 Å². The van der Waals surface area contributed by atoms with Crippen LogP contribution in [0.3, 0.4) is 0 Å². The van der Waals surface area contributed by atoms with Crippen LogP contribution in [0.5, 0.6) is 5.75 Å². The highest BCUT2D eigenvalue weighted by atomic mass is 32.2. The predicted octanol–water partition coefficient (Wildman–Crippen LogP) is 2.47. The van der Waals surface area contributed by atoms with E-state index in [0.29, 0.717) is 67.7 Å². The Balaban J connectivity index is 1.71. The molecule has 11 nitrogen and oxygen atoms in total. The average molecular weight is 552 g/mol. The Labute approximate surface area is 227 Å². The molecule has 1 saturated heterocycles. The molecule has 0 amide bonds. The Morgan fingerprint density at radius 2 is 1.77 bits per heavy atom. The molecule has 4 aromatic rings. The number of hydrogen-bond acceptors (Lipinski definition) is 8. The quantitative estimate of drug-likeness (QED) is 0.328. The average Bonchev–Trinajstić information content (AvgIpc) is 3.30. The summed E-state index contributed by atoms with van der Waals surface area (Å²) < 4.78 is 37.6. The number of aryl methyl sites for hydroxylation is 1. The molecular weight excluding hydrogens is 518 g/mol. The smallest absolute Gasteiger partial charge is 0.281 e. The summed E-state index contributed by atoms with van der Waals surface area (Å²) in [7, 11) is -0.162. The second-order valence-electron chi connectivity index (χ2n) is 9.59. The van der Waals surface area contributed by atoms with Crippen molar-refractivity contribution in [1.82, 2.24) is 33.5 Å². The second kappa shape index (κ2) is 10.9. The SMILES string of the molecule is CCCc1c2nc(-c3cc(S(=O)(=O)N4CCN(C)CC4)ccc3OCC)n(C)c(=O)c2nn1-c1ccccn1. The van der Waals surface area contributed by atoms with Gasteiger partial charge in [-0.15, -0.1) is 0 Å². The van der Waals surface area contributed by atoms with Crippen molar-refractivity contribution >= 4 is 21.1 Å². The van der Waals surface area contributed by atoms with Crippen molar-refractivity contribution < 1.29 is 13.2 Å². The molecule has 0 bridgehead atoms.